The first-order chi connectivity index (χ1) is 14.3. The summed E-state index contributed by atoms with van der Waals surface area (Å²) in [6.07, 6.45) is 3.29. The van der Waals surface area contributed by atoms with Gasteiger partial charge in [0.2, 0.25) is 0 Å². The van der Waals surface area contributed by atoms with Crippen molar-refractivity contribution in [3.05, 3.63) is 86.1 Å². The number of carbonyl (C=O) groups excluding carboxylic acids is 1. The van der Waals surface area contributed by atoms with Gasteiger partial charge in [-0.15, -0.1) is 0 Å². The number of nitro benzene ring substituents is 1. The fourth-order valence-corrected chi connectivity index (χ4v) is 3.62. The number of halogens is 1. The summed E-state index contributed by atoms with van der Waals surface area (Å²) >= 11 is 3.43. The van der Waals surface area contributed by atoms with Gasteiger partial charge < -0.3 is 9.30 Å². The minimum atomic E-state index is -0.448. The topological polar surface area (TPSA) is 98.8 Å². The van der Waals surface area contributed by atoms with Crippen molar-refractivity contribution in [2.24, 2.45) is 5.10 Å². The molecule has 0 saturated carbocycles. The Morgan fingerprint density at radius 3 is 2.53 bits per heavy atom. The fourth-order valence-electron chi connectivity index (χ4n) is 2.93. The number of nitrogens with zero attached hydrogens (tertiary/aromatic N) is 3. The lowest BCUT2D eigenvalue weighted by atomic mass is 10.1. The zero-order valence-corrected chi connectivity index (χ0v) is 17.9. The van der Waals surface area contributed by atoms with Crippen LogP contribution in [0.15, 0.2) is 64.3 Å². The Hall–Kier alpha value is -3.46. The molecule has 0 bridgehead atoms. The number of hydrazone groups is 1. The van der Waals surface area contributed by atoms with E-state index in [0.29, 0.717) is 11.4 Å². The van der Waals surface area contributed by atoms with Crippen LogP contribution in [-0.4, -0.2) is 28.2 Å². The van der Waals surface area contributed by atoms with Crippen molar-refractivity contribution in [1.82, 2.24) is 9.99 Å². The Morgan fingerprint density at radius 1 is 1.23 bits per heavy atom. The Balaban J connectivity index is 1.60. The molecule has 0 spiro atoms. The molecule has 2 aromatic carbocycles. The average Bonchev–Trinajstić information content (AvgIpc) is 3.15. The first-order valence-corrected chi connectivity index (χ1v) is 9.78. The first kappa shape index (κ1) is 21.3. The zero-order valence-electron chi connectivity index (χ0n) is 16.3. The van der Waals surface area contributed by atoms with E-state index < -0.39 is 4.92 Å². The van der Waals surface area contributed by atoms with Crippen molar-refractivity contribution in [1.29, 1.82) is 0 Å². The smallest absolute Gasteiger partial charge is 0.277 e. The molecular weight excluding hydrogens is 452 g/mol. The molecule has 9 heteroatoms. The predicted octanol–water partition coefficient (Wildman–Crippen LogP) is 4.29. The summed E-state index contributed by atoms with van der Waals surface area (Å²) in [7, 11) is 0. The minimum absolute atomic E-state index is 0.0182. The Labute approximate surface area is 181 Å². The highest BCUT2D eigenvalue weighted by atomic mass is 79.9. The number of hydrogen-bond acceptors (Lipinski definition) is 5. The van der Waals surface area contributed by atoms with Crippen molar-refractivity contribution in [2.45, 2.75) is 13.8 Å². The van der Waals surface area contributed by atoms with Crippen LogP contribution in [-0.2, 0) is 4.79 Å². The molecule has 0 fully saturated rings. The second kappa shape index (κ2) is 9.36. The molecular formula is C21H19BrN4O4. The molecule has 0 aliphatic carbocycles. The van der Waals surface area contributed by atoms with Crippen molar-refractivity contribution in [2.75, 3.05) is 6.61 Å². The summed E-state index contributed by atoms with van der Waals surface area (Å²) in [5.74, 6) is 0.283. The van der Waals surface area contributed by atoms with Crippen molar-refractivity contribution in [3.63, 3.8) is 0 Å². The molecule has 0 unspecified atom stereocenters. The number of non-ortho nitro benzene ring substituents is 1. The third-order valence-electron chi connectivity index (χ3n) is 4.28. The average molecular weight is 471 g/mol. The van der Waals surface area contributed by atoms with Gasteiger partial charge in [0.25, 0.3) is 11.6 Å². The van der Waals surface area contributed by atoms with Gasteiger partial charge in [-0.2, -0.15) is 5.10 Å². The highest BCUT2D eigenvalue weighted by molar-refractivity contribution is 9.10. The van der Waals surface area contributed by atoms with Gasteiger partial charge in [-0.3, -0.25) is 14.9 Å². The third-order valence-corrected chi connectivity index (χ3v) is 4.74. The van der Waals surface area contributed by atoms with E-state index in [-0.39, 0.29) is 18.2 Å². The molecule has 3 aromatic rings. The summed E-state index contributed by atoms with van der Waals surface area (Å²) in [4.78, 5) is 22.4. The van der Waals surface area contributed by atoms with Crippen LogP contribution in [0.4, 0.5) is 5.69 Å². The van der Waals surface area contributed by atoms with E-state index in [1.165, 1.54) is 18.3 Å². The lowest BCUT2D eigenvalue weighted by molar-refractivity contribution is -0.384. The quantitative estimate of drug-likeness (QED) is 0.316. The number of amides is 1. The molecule has 0 aliphatic heterocycles. The van der Waals surface area contributed by atoms with E-state index in [9.17, 15) is 14.9 Å². The van der Waals surface area contributed by atoms with Gasteiger partial charge in [-0.25, -0.2) is 5.43 Å². The number of carbonyl (C=O) groups is 1. The molecule has 30 heavy (non-hydrogen) atoms. The van der Waals surface area contributed by atoms with E-state index in [4.69, 9.17) is 4.74 Å². The van der Waals surface area contributed by atoms with E-state index >= 15 is 0 Å². The third kappa shape index (κ3) is 5.12. The fraction of sp³-hybridized carbons (Fsp3) is 0.143. The van der Waals surface area contributed by atoms with Crippen LogP contribution in [0.2, 0.25) is 0 Å². The summed E-state index contributed by atoms with van der Waals surface area (Å²) in [6.45, 7) is 3.66. The van der Waals surface area contributed by atoms with Gasteiger partial charge in [-0.1, -0.05) is 15.9 Å². The van der Waals surface area contributed by atoms with Crippen LogP contribution in [0.3, 0.4) is 0 Å². The lowest BCUT2D eigenvalue weighted by Crippen LogP contribution is -2.25. The molecule has 1 amide bonds. The number of nitrogens with one attached hydrogen (secondary N) is 1. The van der Waals surface area contributed by atoms with Gasteiger partial charge in [0, 0.05) is 28.5 Å². The predicted molar refractivity (Wildman–Crippen MR) is 117 cm³/mol. The van der Waals surface area contributed by atoms with Gasteiger partial charge in [0.15, 0.2) is 6.61 Å². The highest BCUT2D eigenvalue weighted by Crippen LogP contribution is 2.27. The number of rotatable bonds is 7. The van der Waals surface area contributed by atoms with Crippen molar-refractivity contribution >= 4 is 33.7 Å². The Kier molecular flexibility index (Phi) is 6.63. The van der Waals surface area contributed by atoms with Crippen LogP contribution in [0, 0.1) is 24.0 Å². The number of nitro groups is 1. The summed E-state index contributed by atoms with van der Waals surface area (Å²) in [6, 6.07) is 13.6. The monoisotopic (exact) mass is 470 g/mol. The first-order valence-electron chi connectivity index (χ1n) is 8.99. The molecule has 1 N–H and O–H groups in total. The zero-order chi connectivity index (χ0) is 21.7. The molecule has 0 saturated heterocycles. The summed E-state index contributed by atoms with van der Waals surface area (Å²) in [5.41, 5.74) is 5.75. The van der Waals surface area contributed by atoms with Gasteiger partial charge >= 0.3 is 0 Å². The van der Waals surface area contributed by atoms with Gasteiger partial charge in [0.05, 0.1) is 16.8 Å². The summed E-state index contributed by atoms with van der Waals surface area (Å²) in [5, 5.41) is 14.8. The number of hydrogen-bond donors (Lipinski definition) is 1. The number of benzene rings is 2. The minimum Gasteiger partial charge on any atom is -0.483 e. The molecule has 3 rings (SSSR count). The second-order valence-corrected chi connectivity index (χ2v) is 7.44. The largest absolute Gasteiger partial charge is 0.483 e. The maximum Gasteiger partial charge on any atom is 0.277 e. The SMILES string of the molecule is Cc1cc(Br)cc(C)c1OCC(=O)N/N=C/c1cccn1-c1ccc([N+](=O)[O-])cc1. The van der Waals surface area contributed by atoms with Crippen LogP contribution in [0.1, 0.15) is 16.8 Å². The second-order valence-electron chi connectivity index (χ2n) is 6.53. The molecule has 0 atom stereocenters. The maximum absolute atomic E-state index is 12.1. The highest BCUT2D eigenvalue weighted by Gasteiger charge is 2.09. The van der Waals surface area contributed by atoms with Crippen LogP contribution in [0.5, 0.6) is 5.75 Å². The van der Waals surface area contributed by atoms with Crippen molar-refractivity contribution < 1.29 is 14.5 Å². The molecule has 154 valence electrons. The molecule has 0 aliphatic rings. The summed E-state index contributed by atoms with van der Waals surface area (Å²) < 4.78 is 8.38. The molecule has 1 aromatic heterocycles. The Morgan fingerprint density at radius 2 is 1.90 bits per heavy atom. The normalized spacial score (nSPS) is 10.9. The molecule has 0 radical (unpaired) electrons. The maximum atomic E-state index is 12.1. The van der Waals surface area contributed by atoms with Gasteiger partial charge in [0.1, 0.15) is 5.75 Å². The van der Waals surface area contributed by atoms with E-state index in [1.54, 1.807) is 22.9 Å². The van der Waals surface area contributed by atoms with Crippen LogP contribution >= 0.6 is 15.9 Å². The van der Waals surface area contributed by atoms with E-state index in [2.05, 4.69) is 26.5 Å². The Bertz CT molecular complexity index is 1080. The van der Waals surface area contributed by atoms with Crippen LogP contribution in [0.25, 0.3) is 5.69 Å². The van der Waals surface area contributed by atoms with Crippen LogP contribution < -0.4 is 10.2 Å². The van der Waals surface area contributed by atoms with E-state index in [1.807, 2.05) is 38.1 Å². The van der Waals surface area contributed by atoms with Gasteiger partial charge in [-0.05, 0) is 61.4 Å². The lowest BCUT2D eigenvalue weighted by Gasteiger charge is -2.11. The number of ether oxygens (including phenoxy) is 1. The molecule has 1 heterocycles. The standard InChI is InChI=1S/C21H19BrN4O4/c1-14-10-16(22)11-15(2)21(14)30-13-20(27)24-23-12-19-4-3-9-25(19)17-5-7-18(8-6-17)26(28)29/h3-12H,13H2,1-2H3,(H,24,27)/b23-12+. The van der Waals surface area contributed by atoms with E-state index in [0.717, 1.165) is 21.3 Å². The number of aromatic nitrogens is 1. The number of aryl methyl sites for hydroxylation is 2. The molecule has 8 nitrogen and oxygen atoms in total. The van der Waals surface area contributed by atoms with Crippen molar-refractivity contribution in [3.8, 4) is 11.4 Å².